The number of rotatable bonds is 12. The standard InChI is InChI=1S/C49H55FN8O8S/c1-25(2)42(54-47(61)63-5)44(59)56-14-8-10-36(56)33-18-30(22-51-33)27-12-13-35-29(16-27)20-38-41-32(50)17-28(21-39(41)66-46(58(35)38)40-24-53-49(65-7)67-40)31-19-34(52-23-31)37-11-9-15-57(37)45(60)43(26(3)4)55-48(62)64-6/h12-13,16-17,20-26,36-37,42-43,46H,8-11,14-15,18-19H2,1-7H3,(H,54,61)(H,55,62)/t36-,37-,42-,43-,46?/m0/s1. The van der Waals surface area contributed by atoms with E-state index in [0.29, 0.717) is 53.7 Å². The summed E-state index contributed by atoms with van der Waals surface area (Å²) in [4.78, 5) is 70.3. The summed E-state index contributed by atoms with van der Waals surface area (Å²) < 4.78 is 40.7. The molecule has 2 aromatic carbocycles. The minimum Gasteiger partial charge on any atom is -0.473 e. The maximum atomic E-state index is 16.9. The summed E-state index contributed by atoms with van der Waals surface area (Å²) >= 11 is 1.35. The van der Waals surface area contributed by atoms with Crippen LogP contribution in [0.1, 0.15) is 88.5 Å². The average molecular weight is 935 g/mol. The van der Waals surface area contributed by atoms with Gasteiger partial charge in [0.2, 0.25) is 18.0 Å². The number of thiazole rings is 1. The average Bonchev–Trinajstić information content (AvgIpc) is 4.18. The van der Waals surface area contributed by atoms with E-state index < -0.39 is 36.3 Å². The Morgan fingerprint density at radius 2 is 1.37 bits per heavy atom. The SMILES string of the molecule is COC(=O)N[C@H](C(=O)N1CCC[C@H]1C1=NC=C(c2cc(F)c3c(c2)OC(c2cnc(OC)s2)n2c-3cc3cc(C4=CN=C([C@@H]5CCCN5C(=O)[C@@H](NC(=O)OC)C(C)C)C4)ccc32)C1)C(C)C. The molecule has 2 fully saturated rings. The number of fused-ring (bicyclic) bond motifs is 5. The van der Waals surface area contributed by atoms with Crippen LogP contribution in [0.4, 0.5) is 14.0 Å². The maximum absolute atomic E-state index is 16.9. The quantitative estimate of drug-likeness (QED) is 0.143. The zero-order chi connectivity index (χ0) is 47.3. The predicted octanol–water partition coefficient (Wildman–Crippen LogP) is 7.97. The number of aromatic nitrogens is 2. The fourth-order valence-corrected chi connectivity index (χ4v) is 10.7. The molecule has 4 amide bonds. The molecule has 67 heavy (non-hydrogen) atoms. The maximum Gasteiger partial charge on any atom is 0.407 e. The van der Waals surface area contributed by atoms with Gasteiger partial charge in [-0.15, -0.1) is 0 Å². The third-order valence-electron chi connectivity index (χ3n) is 13.4. The van der Waals surface area contributed by atoms with Crippen LogP contribution < -0.4 is 20.1 Å². The molecule has 0 saturated carbocycles. The van der Waals surface area contributed by atoms with Gasteiger partial charge in [0.15, 0.2) is 0 Å². The zero-order valence-corrected chi connectivity index (χ0v) is 39.4. The van der Waals surface area contributed by atoms with E-state index in [1.54, 1.807) is 24.4 Å². The van der Waals surface area contributed by atoms with Crippen LogP contribution in [0.3, 0.4) is 0 Å². The van der Waals surface area contributed by atoms with Crippen molar-refractivity contribution in [2.45, 2.75) is 96.6 Å². The largest absolute Gasteiger partial charge is 0.473 e. The Morgan fingerprint density at radius 1 is 0.791 bits per heavy atom. The number of carbonyl (C=O) groups is 4. The number of nitrogens with one attached hydrogen (secondary N) is 2. The molecular formula is C49H55FN8O8S. The van der Waals surface area contributed by atoms with Gasteiger partial charge >= 0.3 is 12.2 Å². The molecule has 2 aromatic heterocycles. The van der Waals surface area contributed by atoms with E-state index in [1.807, 2.05) is 67.6 Å². The summed E-state index contributed by atoms with van der Waals surface area (Å²) in [5.41, 5.74) is 6.89. The molecule has 2 N–H and O–H groups in total. The van der Waals surface area contributed by atoms with Crippen molar-refractivity contribution in [3.8, 4) is 22.2 Å². The molecule has 4 aromatic rings. The van der Waals surface area contributed by atoms with E-state index >= 15 is 4.39 Å². The summed E-state index contributed by atoms with van der Waals surface area (Å²) in [5.74, 6) is -0.713. The van der Waals surface area contributed by atoms with Gasteiger partial charge in [-0.1, -0.05) is 45.1 Å². The molecule has 0 spiro atoms. The molecule has 0 bridgehead atoms. The molecule has 5 aliphatic rings. The van der Waals surface area contributed by atoms with E-state index in [9.17, 15) is 19.2 Å². The van der Waals surface area contributed by atoms with Crippen LogP contribution in [-0.4, -0.2) is 113 Å². The second-order valence-corrected chi connectivity index (χ2v) is 19.2. The Hall–Kier alpha value is -6.56. The fourth-order valence-electron chi connectivity index (χ4n) is 9.99. The van der Waals surface area contributed by atoms with Crippen LogP contribution in [0.25, 0.3) is 33.3 Å². The number of nitrogens with zero attached hydrogens (tertiary/aromatic N) is 6. The molecule has 9 rings (SSSR count). The first-order chi connectivity index (χ1) is 32.3. The minimum atomic E-state index is -0.751. The molecule has 16 nitrogen and oxygen atoms in total. The van der Waals surface area contributed by atoms with Crippen molar-refractivity contribution in [1.29, 1.82) is 0 Å². The van der Waals surface area contributed by atoms with E-state index in [-0.39, 0.29) is 35.7 Å². The summed E-state index contributed by atoms with van der Waals surface area (Å²) in [6, 6.07) is 9.60. The highest BCUT2D eigenvalue weighted by molar-refractivity contribution is 7.13. The van der Waals surface area contributed by atoms with E-state index in [0.717, 1.165) is 69.6 Å². The molecule has 7 heterocycles. The Balaban J connectivity index is 0.973. The van der Waals surface area contributed by atoms with Gasteiger partial charge in [-0.05, 0) is 90.1 Å². The normalized spacial score (nSPS) is 20.7. The number of halogens is 1. The van der Waals surface area contributed by atoms with Crippen LogP contribution >= 0.6 is 11.3 Å². The minimum absolute atomic E-state index is 0.137. The van der Waals surface area contributed by atoms with Gasteiger partial charge in [0.1, 0.15) is 23.7 Å². The van der Waals surface area contributed by atoms with Gasteiger partial charge in [0.25, 0.3) is 5.19 Å². The first-order valence-electron chi connectivity index (χ1n) is 22.8. The first kappa shape index (κ1) is 45.6. The predicted molar refractivity (Wildman–Crippen MR) is 253 cm³/mol. The van der Waals surface area contributed by atoms with E-state index in [4.69, 9.17) is 28.9 Å². The number of likely N-dealkylation sites (tertiary alicyclic amines) is 2. The van der Waals surface area contributed by atoms with Crippen molar-refractivity contribution in [1.82, 2.24) is 30.0 Å². The Bertz CT molecular complexity index is 2770. The molecule has 5 atom stereocenters. The summed E-state index contributed by atoms with van der Waals surface area (Å²) in [5, 5.41) is 6.76. The lowest BCUT2D eigenvalue weighted by molar-refractivity contribution is -0.134. The molecule has 0 aliphatic carbocycles. The summed E-state index contributed by atoms with van der Waals surface area (Å²) in [7, 11) is 4.12. The third-order valence-corrected chi connectivity index (χ3v) is 14.4. The number of ether oxygens (including phenoxy) is 4. The van der Waals surface area contributed by atoms with Gasteiger partial charge in [0, 0.05) is 55.1 Å². The summed E-state index contributed by atoms with van der Waals surface area (Å²) in [6.45, 7) is 8.66. The van der Waals surface area contributed by atoms with Crippen LogP contribution in [0.2, 0.25) is 0 Å². The number of methoxy groups -OCH3 is 3. The number of alkyl carbamates (subject to hydrolysis) is 2. The van der Waals surface area contributed by atoms with Gasteiger partial charge < -0.3 is 39.4 Å². The molecule has 2 saturated heterocycles. The highest BCUT2D eigenvalue weighted by atomic mass is 32.1. The van der Waals surface area contributed by atoms with E-state index in [2.05, 4.69) is 21.7 Å². The van der Waals surface area contributed by atoms with Crippen molar-refractivity contribution in [2.24, 2.45) is 21.8 Å². The van der Waals surface area contributed by atoms with Crippen molar-refractivity contribution in [2.75, 3.05) is 34.4 Å². The van der Waals surface area contributed by atoms with E-state index in [1.165, 1.54) is 31.6 Å². The van der Waals surface area contributed by atoms with Crippen molar-refractivity contribution < 1.29 is 42.5 Å². The van der Waals surface area contributed by atoms with Gasteiger partial charge in [-0.25, -0.2) is 19.0 Å². The number of allylic oxidation sites excluding steroid dienone is 2. The number of hydrogen-bond acceptors (Lipinski definition) is 12. The van der Waals surface area contributed by atoms with Gasteiger partial charge in [0.05, 0.1) is 61.3 Å². The molecule has 0 radical (unpaired) electrons. The topological polar surface area (TPSA) is 178 Å². The lowest BCUT2D eigenvalue weighted by Crippen LogP contribution is -2.53. The molecule has 352 valence electrons. The highest BCUT2D eigenvalue weighted by Gasteiger charge is 2.41. The molecule has 5 aliphatic heterocycles. The van der Waals surface area contributed by atoms with Crippen LogP contribution in [-0.2, 0) is 19.1 Å². The number of hydrogen-bond donors (Lipinski definition) is 2. The third kappa shape index (κ3) is 8.55. The van der Waals surface area contributed by atoms with Crippen molar-refractivity contribution in [3.63, 3.8) is 0 Å². The number of benzene rings is 2. The van der Waals surface area contributed by atoms with Crippen LogP contribution in [0.5, 0.6) is 10.9 Å². The molecule has 1 unspecified atom stereocenters. The lowest BCUT2D eigenvalue weighted by Gasteiger charge is -2.31. The molecule has 18 heteroatoms. The first-order valence-corrected chi connectivity index (χ1v) is 23.6. The second kappa shape index (κ2) is 18.6. The zero-order valence-electron chi connectivity index (χ0n) is 38.6. The summed E-state index contributed by atoms with van der Waals surface area (Å²) in [6.07, 6.45) is 7.44. The lowest BCUT2D eigenvalue weighted by atomic mass is 9.95. The van der Waals surface area contributed by atoms with Crippen LogP contribution in [0.15, 0.2) is 65.0 Å². The number of carbonyl (C=O) groups excluding carboxylic acids is 4. The second-order valence-electron chi connectivity index (χ2n) is 18.2. The number of aliphatic imine (C=N–C) groups is 2. The van der Waals surface area contributed by atoms with Gasteiger partial charge in [-0.3, -0.25) is 24.1 Å². The van der Waals surface area contributed by atoms with Crippen molar-refractivity contribution >= 4 is 68.8 Å². The number of amides is 4. The van der Waals surface area contributed by atoms with Crippen LogP contribution in [0, 0.1) is 17.7 Å². The highest BCUT2D eigenvalue weighted by Crippen LogP contribution is 2.48. The smallest absolute Gasteiger partial charge is 0.407 e. The Labute approximate surface area is 391 Å². The van der Waals surface area contributed by atoms with Crippen molar-refractivity contribution in [3.05, 3.63) is 76.8 Å². The Kier molecular flexibility index (Phi) is 12.7. The molecular weight excluding hydrogens is 880 g/mol. The fraction of sp³-hybridized carbons (Fsp3) is 0.449. The van der Waals surface area contributed by atoms with Gasteiger partial charge in [-0.2, -0.15) is 0 Å². The monoisotopic (exact) mass is 934 g/mol. The Morgan fingerprint density at radius 3 is 1.91 bits per heavy atom.